The third kappa shape index (κ3) is 3.85. The van der Waals surface area contributed by atoms with Crippen molar-refractivity contribution >= 4 is 11.3 Å². The number of thiazole rings is 1. The first-order valence-corrected chi connectivity index (χ1v) is 5.34. The van der Waals surface area contributed by atoms with Crippen molar-refractivity contribution < 1.29 is 4.74 Å². The van der Waals surface area contributed by atoms with Gasteiger partial charge in [-0.1, -0.05) is 0 Å². The molecule has 0 spiro atoms. The smallest absolute Gasteiger partial charge is 0.0944 e. The number of nitrogens with zero attached hydrogens (tertiary/aromatic N) is 1. The van der Waals surface area contributed by atoms with E-state index in [4.69, 9.17) is 10.5 Å². The molecule has 0 bridgehead atoms. The average molecular weight is 200 g/mol. The molecule has 0 aromatic carbocycles. The van der Waals surface area contributed by atoms with Crippen LogP contribution in [0.2, 0.25) is 0 Å². The third-order valence-electron chi connectivity index (χ3n) is 1.64. The monoisotopic (exact) mass is 200 g/mol. The summed E-state index contributed by atoms with van der Waals surface area (Å²) in [4.78, 5) is 4.34. The van der Waals surface area contributed by atoms with Crippen LogP contribution in [0.1, 0.15) is 17.6 Å². The predicted octanol–water partition coefficient (Wildman–Crippen LogP) is 1.36. The van der Waals surface area contributed by atoms with Crippen LogP contribution in [0.25, 0.3) is 0 Å². The molecule has 4 heteroatoms. The van der Waals surface area contributed by atoms with Crippen molar-refractivity contribution in [1.82, 2.24) is 4.98 Å². The maximum atomic E-state index is 5.84. The molecule has 0 aliphatic carbocycles. The Balaban J connectivity index is 2.31. The van der Waals surface area contributed by atoms with Crippen LogP contribution in [0.5, 0.6) is 0 Å². The van der Waals surface area contributed by atoms with Crippen molar-refractivity contribution in [2.75, 3.05) is 13.2 Å². The molecule has 13 heavy (non-hydrogen) atoms. The van der Waals surface area contributed by atoms with Gasteiger partial charge in [0.25, 0.3) is 0 Å². The molecule has 2 N–H and O–H groups in total. The van der Waals surface area contributed by atoms with Gasteiger partial charge in [-0.25, -0.2) is 4.98 Å². The molecule has 1 aromatic rings. The fourth-order valence-corrected chi connectivity index (χ4v) is 1.92. The first-order chi connectivity index (χ1) is 6.22. The first-order valence-electron chi connectivity index (χ1n) is 4.46. The highest BCUT2D eigenvalue weighted by Gasteiger charge is 2.06. The number of rotatable bonds is 5. The van der Waals surface area contributed by atoms with Crippen LogP contribution in [-0.4, -0.2) is 24.2 Å². The van der Waals surface area contributed by atoms with Crippen molar-refractivity contribution in [1.29, 1.82) is 0 Å². The van der Waals surface area contributed by atoms with Crippen LogP contribution in [-0.2, 0) is 11.2 Å². The summed E-state index contributed by atoms with van der Waals surface area (Å²) in [5.74, 6) is 0. The largest absolute Gasteiger partial charge is 0.380 e. The quantitative estimate of drug-likeness (QED) is 0.780. The van der Waals surface area contributed by atoms with Crippen LogP contribution in [0.15, 0.2) is 5.38 Å². The van der Waals surface area contributed by atoms with Crippen molar-refractivity contribution in [3.63, 3.8) is 0 Å². The second kappa shape index (κ2) is 5.32. The fraction of sp³-hybridized carbons (Fsp3) is 0.667. The van der Waals surface area contributed by atoms with E-state index in [1.165, 1.54) is 0 Å². The van der Waals surface area contributed by atoms with Crippen LogP contribution in [0.3, 0.4) is 0 Å². The minimum Gasteiger partial charge on any atom is -0.380 e. The lowest BCUT2D eigenvalue weighted by Crippen LogP contribution is -2.28. The molecule has 1 unspecified atom stereocenters. The number of hydrogen-bond donors (Lipinski definition) is 1. The van der Waals surface area contributed by atoms with Gasteiger partial charge in [0.15, 0.2) is 0 Å². The van der Waals surface area contributed by atoms with E-state index >= 15 is 0 Å². The van der Waals surface area contributed by atoms with E-state index in [-0.39, 0.29) is 6.04 Å². The van der Waals surface area contributed by atoms with E-state index < -0.39 is 0 Å². The molecule has 0 saturated carbocycles. The van der Waals surface area contributed by atoms with Gasteiger partial charge >= 0.3 is 0 Å². The number of ether oxygens (including phenoxy) is 1. The Bertz CT molecular complexity index is 250. The predicted molar refractivity (Wildman–Crippen MR) is 55.0 cm³/mol. The van der Waals surface area contributed by atoms with Crippen molar-refractivity contribution in [3.05, 3.63) is 16.1 Å². The maximum Gasteiger partial charge on any atom is 0.0944 e. The number of aryl methyl sites for hydroxylation is 1. The Kier molecular flexibility index (Phi) is 4.35. The number of nitrogens with two attached hydrogens (primary N) is 1. The third-order valence-corrected chi connectivity index (χ3v) is 2.63. The highest BCUT2D eigenvalue weighted by molar-refractivity contribution is 7.09. The summed E-state index contributed by atoms with van der Waals surface area (Å²) in [6.07, 6.45) is 0.818. The minimum atomic E-state index is 0.0745. The zero-order valence-corrected chi connectivity index (χ0v) is 8.93. The van der Waals surface area contributed by atoms with Crippen LogP contribution < -0.4 is 5.73 Å². The van der Waals surface area contributed by atoms with Crippen LogP contribution >= 0.6 is 11.3 Å². The lowest BCUT2D eigenvalue weighted by Gasteiger charge is -2.08. The normalized spacial score (nSPS) is 13.2. The van der Waals surface area contributed by atoms with E-state index in [2.05, 4.69) is 4.98 Å². The molecule has 1 rings (SSSR count). The number of hydrogen-bond acceptors (Lipinski definition) is 4. The molecule has 1 heterocycles. The van der Waals surface area contributed by atoms with Gasteiger partial charge in [-0.15, -0.1) is 11.3 Å². The number of aromatic nitrogens is 1. The van der Waals surface area contributed by atoms with Gasteiger partial charge in [-0.2, -0.15) is 0 Å². The zero-order valence-electron chi connectivity index (χ0n) is 8.12. The van der Waals surface area contributed by atoms with Crippen LogP contribution in [0, 0.1) is 6.92 Å². The molecule has 3 nitrogen and oxygen atoms in total. The maximum absolute atomic E-state index is 5.84. The van der Waals surface area contributed by atoms with E-state index in [0.717, 1.165) is 23.7 Å². The van der Waals surface area contributed by atoms with Gasteiger partial charge < -0.3 is 10.5 Å². The van der Waals surface area contributed by atoms with Crippen molar-refractivity contribution in [2.24, 2.45) is 5.73 Å². The minimum absolute atomic E-state index is 0.0745. The molecule has 0 radical (unpaired) electrons. The van der Waals surface area contributed by atoms with Crippen LogP contribution in [0.4, 0.5) is 0 Å². The van der Waals surface area contributed by atoms with E-state index in [0.29, 0.717) is 6.61 Å². The Morgan fingerprint density at radius 1 is 1.69 bits per heavy atom. The summed E-state index contributed by atoms with van der Waals surface area (Å²) < 4.78 is 5.23. The molecule has 74 valence electrons. The molecule has 1 atom stereocenters. The lowest BCUT2D eigenvalue weighted by atomic mass is 10.2. The molecular formula is C9H16N2OS. The SMILES string of the molecule is CCOCC(N)Cc1nc(C)cs1. The van der Waals surface area contributed by atoms with Gasteiger partial charge in [0.05, 0.1) is 11.6 Å². The highest BCUT2D eigenvalue weighted by Crippen LogP contribution is 2.10. The Morgan fingerprint density at radius 2 is 2.46 bits per heavy atom. The summed E-state index contributed by atoms with van der Waals surface area (Å²) >= 11 is 1.66. The molecule has 0 aliphatic rings. The summed E-state index contributed by atoms with van der Waals surface area (Å²) in [7, 11) is 0. The summed E-state index contributed by atoms with van der Waals surface area (Å²) in [6, 6.07) is 0.0745. The lowest BCUT2D eigenvalue weighted by molar-refractivity contribution is 0.133. The second-order valence-electron chi connectivity index (χ2n) is 3.01. The van der Waals surface area contributed by atoms with Gasteiger partial charge in [-0.3, -0.25) is 0 Å². The second-order valence-corrected chi connectivity index (χ2v) is 3.95. The summed E-state index contributed by atoms with van der Waals surface area (Å²) in [5, 5.41) is 3.15. The van der Waals surface area contributed by atoms with Gasteiger partial charge in [0, 0.05) is 30.1 Å². The topological polar surface area (TPSA) is 48.1 Å². The zero-order chi connectivity index (χ0) is 9.68. The van der Waals surface area contributed by atoms with Gasteiger partial charge in [0.2, 0.25) is 0 Å². The Labute approximate surface area is 82.9 Å². The molecular weight excluding hydrogens is 184 g/mol. The molecule has 0 aliphatic heterocycles. The molecule has 0 amide bonds. The molecule has 1 aromatic heterocycles. The highest BCUT2D eigenvalue weighted by atomic mass is 32.1. The van der Waals surface area contributed by atoms with Gasteiger partial charge in [-0.05, 0) is 13.8 Å². The van der Waals surface area contributed by atoms with Gasteiger partial charge in [0.1, 0.15) is 0 Å². The first kappa shape index (κ1) is 10.6. The van der Waals surface area contributed by atoms with E-state index in [1.54, 1.807) is 11.3 Å². The molecule has 0 saturated heterocycles. The Morgan fingerprint density at radius 3 is 3.00 bits per heavy atom. The fourth-order valence-electron chi connectivity index (χ4n) is 1.05. The molecule has 0 fully saturated rings. The van der Waals surface area contributed by atoms with Crippen molar-refractivity contribution in [3.8, 4) is 0 Å². The summed E-state index contributed by atoms with van der Waals surface area (Å²) in [6.45, 7) is 5.31. The average Bonchev–Trinajstić information content (AvgIpc) is 2.48. The van der Waals surface area contributed by atoms with Crippen molar-refractivity contribution in [2.45, 2.75) is 26.3 Å². The summed E-state index contributed by atoms with van der Waals surface area (Å²) in [5.41, 5.74) is 6.92. The Hall–Kier alpha value is -0.450. The van der Waals surface area contributed by atoms with E-state index in [9.17, 15) is 0 Å². The van der Waals surface area contributed by atoms with E-state index in [1.807, 2.05) is 19.2 Å². The standard InChI is InChI=1S/C9H16N2OS/c1-3-12-5-8(10)4-9-11-7(2)6-13-9/h6,8H,3-5,10H2,1-2H3.